The molecule has 1 aliphatic rings. The first-order valence-electron chi connectivity index (χ1n) is 10.8. The van der Waals surface area contributed by atoms with Gasteiger partial charge in [0, 0.05) is 19.2 Å². The Balaban J connectivity index is 1.60. The normalized spacial score (nSPS) is 14.1. The SMILES string of the molecule is COc1ccc(/C=C/C(=O)NC(=S)Nc2ccccc2C(=O)N(C)C2CCCCC2)cc1. The van der Waals surface area contributed by atoms with Crippen LogP contribution in [-0.2, 0) is 4.79 Å². The number of carbonyl (C=O) groups excluding carboxylic acids is 2. The molecule has 0 unspecified atom stereocenters. The van der Waals surface area contributed by atoms with Gasteiger partial charge in [0.1, 0.15) is 5.75 Å². The highest BCUT2D eigenvalue weighted by molar-refractivity contribution is 7.80. The molecule has 0 atom stereocenters. The van der Waals surface area contributed by atoms with Gasteiger partial charge in [-0.2, -0.15) is 0 Å². The van der Waals surface area contributed by atoms with Crippen LogP contribution in [0.15, 0.2) is 54.6 Å². The van der Waals surface area contributed by atoms with E-state index >= 15 is 0 Å². The molecule has 0 radical (unpaired) electrons. The van der Waals surface area contributed by atoms with Gasteiger partial charge in [0.05, 0.1) is 18.4 Å². The number of ether oxygens (including phenoxy) is 1. The first-order chi connectivity index (χ1) is 15.5. The predicted molar refractivity (Wildman–Crippen MR) is 132 cm³/mol. The van der Waals surface area contributed by atoms with Crippen molar-refractivity contribution < 1.29 is 14.3 Å². The molecule has 32 heavy (non-hydrogen) atoms. The zero-order chi connectivity index (χ0) is 22.9. The van der Waals surface area contributed by atoms with E-state index in [1.165, 1.54) is 12.5 Å². The van der Waals surface area contributed by atoms with Crippen LogP contribution >= 0.6 is 12.2 Å². The lowest BCUT2D eigenvalue weighted by molar-refractivity contribution is -0.115. The summed E-state index contributed by atoms with van der Waals surface area (Å²) in [6.07, 6.45) is 8.71. The molecule has 3 rings (SSSR count). The van der Waals surface area contributed by atoms with Crippen LogP contribution in [0.25, 0.3) is 6.08 Å². The van der Waals surface area contributed by atoms with Gasteiger partial charge >= 0.3 is 0 Å². The summed E-state index contributed by atoms with van der Waals surface area (Å²) in [4.78, 5) is 27.2. The number of rotatable bonds is 6. The molecule has 2 aromatic rings. The van der Waals surface area contributed by atoms with E-state index in [1.54, 1.807) is 25.3 Å². The van der Waals surface area contributed by atoms with E-state index < -0.39 is 0 Å². The fourth-order valence-corrected chi connectivity index (χ4v) is 4.01. The molecule has 2 aromatic carbocycles. The topological polar surface area (TPSA) is 70.7 Å². The Hall–Kier alpha value is -3.19. The largest absolute Gasteiger partial charge is 0.497 e. The summed E-state index contributed by atoms with van der Waals surface area (Å²) in [6.45, 7) is 0. The first kappa shape index (κ1) is 23.5. The zero-order valence-corrected chi connectivity index (χ0v) is 19.3. The van der Waals surface area contributed by atoms with Gasteiger partial charge in [-0.3, -0.25) is 14.9 Å². The van der Waals surface area contributed by atoms with Gasteiger partial charge in [0.2, 0.25) is 5.91 Å². The number of methoxy groups -OCH3 is 1. The van der Waals surface area contributed by atoms with Gasteiger partial charge in [-0.1, -0.05) is 43.5 Å². The van der Waals surface area contributed by atoms with Crippen molar-refractivity contribution in [2.75, 3.05) is 19.5 Å². The number of nitrogens with one attached hydrogen (secondary N) is 2. The third-order valence-electron chi connectivity index (χ3n) is 5.63. The molecule has 1 aliphatic carbocycles. The van der Waals surface area contributed by atoms with Crippen LogP contribution in [0.3, 0.4) is 0 Å². The number of hydrogen-bond acceptors (Lipinski definition) is 4. The average molecular weight is 452 g/mol. The van der Waals surface area contributed by atoms with Crippen molar-refractivity contribution in [3.05, 3.63) is 65.7 Å². The monoisotopic (exact) mass is 451 g/mol. The summed E-state index contributed by atoms with van der Waals surface area (Å²) in [5.41, 5.74) is 1.97. The van der Waals surface area contributed by atoms with Crippen LogP contribution in [0.4, 0.5) is 5.69 Å². The molecule has 0 spiro atoms. The van der Waals surface area contributed by atoms with Gasteiger partial charge in [0.15, 0.2) is 5.11 Å². The van der Waals surface area contributed by atoms with Gasteiger partial charge in [-0.05, 0) is 61.0 Å². The molecule has 0 aliphatic heterocycles. The Morgan fingerprint density at radius 2 is 1.75 bits per heavy atom. The average Bonchev–Trinajstić information content (AvgIpc) is 2.83. The highest BCUT2D eigenvalue weighted by atomic mass is 32.1. The molecule has 0 heterocycles. The van der Waals surface area contributed by atoms with Crippen molar-refractivity contribution in [1.29, 1.82) is 0 Å². The first-order valence-corrected chi connectivity index (χ1v) is 11.2. The minimum absolute atomic E-state index is 0.0477. The van der Waals surface area contributed by atoms with E-state index in [2.05, 4.69) is 10.6 Å². The second-order valence-corrected chi connectivity index (χ2v) is 8.21. The Labute approximate surface area is 194 Å². The molecule has 0 saturated heterocycles. The van der Waals surface area contributed by atoms with E-state index in [9.17, 15) is 9.59 Å². The number of nitrogens with zero attached hydrogens (tertiary/aromatic N) is 1. The molecule has 168 valence electrons. The number of carbonyl (C=O) groups is 2. The van der Waals surface area contributed by atoms with Crippen molar-refractivity contribution in [3.63, 3.8) is 0 Å². The molecule has 1 saturated carbocycles. The van der Waals surface area contributed by atoms with Crippen molar-refractivity contribution in [1.82, 2.24) is 10.2 Å². The third kappa shape index (κ3) is 6.40. The van der Waals surface area contributed by atoms with Crippen LogP contribution in [-0.4, -0.2) is 42.0 Å². The highest BCUT2D eigenvalue weighted by Gasteiger charge is 2.24. The minimum Gasteiger partial charge on any atom is -0.497 e. The van der Waals surface area contributed by atoms with Crippen molar-refractivity contribution in [2.24, 2.45) is 0 Å². The molecule has 2 N–H and O–H groups in total. The molecule has 1 fully saturated rings. The number of para-hydroxylation sites is 1. The lowest BCUT2D eigenvalue weighted by Gasteiger charge is -2.31. The van der Waals surface area contributed by atoms with Crippen LogP contribution in [0, 0.1) is 0 Å². The lowest BCUT2D eigenvalue weighted by atomic mass is 9.94. The summed E-state index contributed by atoms with van der Waals surface area (Å²) in [5.74, 6) is 0.342. The van der Waals surface area contributed by atoms with Crippen LogP contribution in [0.2, 0.25) is 0 Å². The number of anilines is 1. The quantitative estimate of drug-likeness (QED) is 0.495. The number of thiocarbonyl (C=S) groups is 1. The summed E-state index contributed by atoms with van der Waals surface area (Å²) >= 11 is 5.29. The molecule has 6 nitrogen and oxygen atoms in total. The number of amides is 2. The summed E-state index contributed by atoms with van der Waals surface area (Å²) in [7, 11) is 3.46. The summed E-state index contributed by atoms with van der Waals surface area (Å²) < 4.78 is 5.12. The highest BCUT2D eigenvalue weighted by Crippen LogP contribution is 2.25. The molecule has 0 aromatic heterocycles. The molecular weight excluding hydrogens is 422 g/mol. The Kier molecular flexibility index (Phi) is 8.39. The van der Waals surface area contributed by atoms with Crippen LogP contribution in [0.5, 0.6) is 5.75 Å². The predicted octanol–water partition coefficient (Wildman–Crippen LogP) is 4.63. The van der Waals surface area contributed by atoms with Gasteiger partial charge in [0.25, 0.3) is 5.91 Å². The summed E-state index contributed by atoms with van der Waals surface area (Å²) in [5, 5.41) is 5.75. The fourth-order valence-electron chi connectivity index (χ4n) is 3.80. The molecule has 2 amide bonds. The van der Waals surface area contributed by atoms with Crippen molar-refractivity contribution >= 4 is 40.9 Å². The summed E-state index contributed by atoms with van der Waals surface area (Å²) in [6, 6.07) is 14.8. The Bertz CT molecular complexity index is 982. The fraction of sp³-hybridized carbons (Fsp3) is 0.320. The molecular formula is C25H29N3O3S. The molecule has 0 bridgehead atoms. The lowest BCUT2D eigenvalue weighted by Crippen LogP contribution is -2.39. The maximum atomic E-state index is 13.1. The number of benzene rings is 2. The van der Waals surface area contributed by atoms with Gasteiger partial charge in [-0.25, -0.2) is 0 Å². The van der Waals surface area contributed by atoms with Crippen molar-refractivity contribution in [3.8, 4) is 5.75 Å². The van der Waals surface area contributed by atoms with Crippen LogP contribution < -0.4 is 15.4 Å². The minimum atomic E-state index is -0.360. The standard InChI is InChI=1S/C25H29N3O3S/c1-28(19-8-4-3-5-9-19)24(30)21-10-6-7-11-22(21)26-25(32)27-23(29)17-14-18-12-15-20(31-2)16-13-18/h6-7,10-17,19H,3-5,8-9H2,1-2H3,(H2,26,27,29,32)/b17-14+. The van der Waals surface area contributed by atoms with E-state index in [-0.39, 0.29) is 23.0 Å². The second-order valence-electron chi connectivity index (χ2n) is 7.80. The maximum Gasteiger partial charge on any atom is 0.255 e. The van der Waals surface area contributed by atoms with Gasteiger partial charge < -0.3 is 15.0 Å². The van der Waals surface area contributed by atoms with Gasteiger partial charge in [-0.15, -0.1) is 0 Å². The zero-order valence-electron chi connectivity index (χ0n) is 18.5. The second kappa shape index (κ2) is 11.4. The van der Waals surface area contributed by atoms with Crippen molar-refractivity contribution in [2.45, 2.75) is 38.1 Å². The smallest absolute Gasteiger partial charge is 0.255 e. The Morgan fingerprint density at radius 3 is 2.44 bits per heavy atom. The molecule has 7 heteroatoms. The van der Waals surface area contributed by atoms with E-state index in [0.717, 1.165) is 37.0 Å². The Morgan fingerprint density at radius 1 is 1.06 bits per heavy atom. The van der Waals surface area contributed by atoms with Crippen LogP contribution in [0.1, 0.15) is 48.0 Å². The van der Waals surface area contributed by atoms with E-state index in [0.29, 0.717) is 11.3 Å². The third-order valence-corrected chi connectivity index (χ3v) is 5.83. The number of hydrogen-bond donors (Lipinski definition) is 2. The van der Waals surface area contributed by atoms with E-state index in [1.807, 2.05) is 48.3 Å². The maximum absolute atomic E-state index is 13.1. The van der Waals surface area contributed by atoms with E-state index in [4.69, 9.17) is 17.0 Å².